The second-order valence-corrected chi connectivity index (χ2v) is 11.0. The number of carbonyl (C=O) groups excluding carboxylic acids is 1. The summed E-state index contributed by atoms with van der Waals surface area (Å²) in [5.74, 6) is 1.57. The summed E-state index contributed by atoms with van der Waals surface area (Å²) in [5.41, 5.74) is 5.17. The molecular weight excluding hydrogens is 510 g/mol. The van der Waals surface area contributed by atoms with Gasteiger partial charge in [-0.3, -0.25) is 4.79 Å². The molecule has 2 saturated heterocycles. The molecule has 6 rings (SSSR count). The van der Waals surface area contributed by atoms with Crippen molar-refractivity contribution in [3.63, 3.8) is 0 Å². The molecule has 2 aliphatic heterocycles. The van der Waals surface area contributed by atoms with Crippen LogP contribution in [-0.4, -0.2) is 60.0 Å². The number of nitriles is 1. The monoisotopic (exact) mass is 545 g/mol. The normalized spacial score (nSPS) is 17.1. The molecule has 0 unspecified atom stereocenters. The molecule has 0 spiro atoms. The Balaban J connectivity index is 1.34. The summed E-state index contributed by atoms with van der Waals surface area (Å²) in [6.45, 7) is 4.58. The fourth-order valence-electron chi connectivity index (χ4n) is 6.06. The molecule has 1 N–H and O–H groups in total. The van der Waals surface area contributed by atoms with Crippen molar-refractivity contribution in [2.24, 2.45) is 0 Å². The van der Waals surface area contributed by atoms with Crippen LogP contribution in [0.15, 0.2) is 72.8 Å². The number of nitrogens with zero attached hydrogens (tertiary/aromatic N) is 4. The number of benzene rings is 3. The van der Waals surface area contributed by atoms with E-state index in [2.05, 4.69) is 27.3 Å². The molecule has 4 aromatic rings. The van der Waals surface area contributed by atoms with Crippen LogP contribution in [0.4, 0.5) is 5.82 Å². The minimum absolute atomic E-state index is 0.0728. The molecule has 1 amide bonds. The number of hydrogen-bond acceptors (Lipinski definition) is 6. The van der Waals surface area contributed by atoms with Crippen LogP contribution < -0.4 is 10.1 Å². The lowest BCUT2D eigenvalue weighted by Gasteiger charge is -2.29. The number of aromatic nitrogens is 1. The van der Waals surface area contributed by atoms with E-state index in [0.29, 0.717) is 23.5 Å². The zero-order valence-corrected chi connectivity index (χ0v) is 23.5. The van der Waals surface area contributed by atoms with Gasteiger partial charge in [-0.2, -0.15) is 5.26 Å². The lowest BCUT2D eigenvalue weighted by atomic mass is 9.99. The van der Waals surface area contributed by atoms with Crippen LogP contribution in [-0.2, 0) is 6.54 Å². The Bertz CT molecular complexity index is 1570. The lowest BCUT2D eigenvalue weighted by Crippen LogP contribution is -2.42. The minimum atomic E-state index is 0.0728. The maximum absolute atomic E-state index is 14.3. The quantitative estimate of drug-likeness (QED) is 0.288. The van der Waals surface area contributed by atoms with Gasteiger partial charge >= 0.3 is 0 Å². The van der Waals surface area contributed by atoms with E-state index in [1.54, 1.807) is 7.11 Å². The zero-order valence-electron chi connectivity index (χ0n) is 23.5. The van der Waals surface area contributed by atoms with Gasteiger partial charge < -0.3 is 19.9 Å². The number of methoxy groups -OCH3 is 1. The van der Waals surface area contributed by atoms with E-state index in [1.807, 2.05) is 66.7 Å². The van der Waals surface area contributed by atoms with Crippen LogP contribution in [0.5, 0.6) is 5.75 Å². The number of likely N-dealkylation sites (tertiary alicyclic amines) is 2. The van der Waals surface area contributed by atoms with Gasteiger partial charge in [0.15, 0.2) is 0 Å². The average molecular weight is 546 g/mol. The van der Waals surface area contributed by atoms with Gasteiger partial charge in [-0.05, 0) is 97.9 Å². The number of pyridine rings is 1. The number of fused-ring (bicyclic) bond motifs is 1. The van der Waals surface area contributed by atoms with Gasteiger partial charge in [0.25, 0.3) is 5.91 Å². The van der Waals surface area contributed by atoms with Crippen molar-refractivity contribution >= 4 is 22.6 Å². The molecule has 41 heavy (non-hydrogen) atoms. The van der Waals surface area contributed by atoms with Crippen molar-refractivity contribution in [2.45, 2.75) is 38.3 Å². The highest BCUT2D eigenvalue weighted by Gasteiger charge is 2.32. The second-order valence-electron chi connectivity index (χ2n) is 11.0. The summed E-state index contributed by atoms with van der Waals surface area (Å²) in [6, 6.07) is 25.9. The maximum Gasteiger partial charge on any atom is 0.254 e. The van der Waals surface area contributed by atoms with Crippen molar-refractivity contribution in [1.29, 1.82) is 5.26 Å². The van der Waals surface area contributed by atoms with Gasteiger partial charge in [-0.15, -0.1) is 0 Å². The Morgan fingerprint density at radius 3 is 2.46 bits per heavy atom. The minimum Gasteiger partial charge on any atom is -0.497 e. The Hall–Kier alpha value is -4.41. The lowest BCUT2D eigenvalue weighted by molar-refractivity contribution is 0.0710. The van der Waals surface area contributed by atoms with Gasteiger partial charge in [0.05, 0.1) is 29.8 Å². The Morgan fingerprint density at radius 2 is 1.73 bits per heavy atom. The van der Waals surface area contributed by atoms with E-state index >= 15 is 0 Å². The van der Waals surface area contributed by atoms with Gasteiger partial charge in [0.1, 0.15) is 11.6 Å². The van der Waals surface area contributed by atoms with Gasteiger partial charge in [-0.25, -0.2) is 4.98 Å². The largest absolute Gasteiger partial charge is 0.497 e. The molecule has 2 fully saturated rings. The van der Waals surface area contributed by atoms with Crippen molar-refractivity contribution in [2.75, 3.05) is 38.6 Å². The summed E-state index contributed by atoms with van der Waals surface area (Å²) in [4.78, 5) is 23.8. The second kappa shape index (κ2) is 12.0. The number of anilines is 1. The predicted octanol–water partition coefficient (Wildman–Crippen LogP) is 6.09. The first-order valence-electron chi connectivity index (χ1n) is 14.5. The molecule has 0 bridgehead atoms. The number of carbonyl (C=O) groups is 1. The van der Waals surface area contributed by atoms with Gasteiger partial charge in [-0.1, -0.05) is 30.3 Å². The van der Waals surface area contributed by atoms with Crippen molar-refractivity contribution in [1.82, 2.24) is 14.8 Å². The van der Waals surface area contributed by atoms with Crippen LogP contribution in [0, 0.1) is 11.3 Å². The summed E-state index contributed by atoms with van der Waals surface area (Å²) in [6.07, 6.45) is 4.57. The van der Waals surface area contributed by atoms with Crippen LogP contribution >= 0.6 is 0 Å². The highest BCUT2D eigenvalue weighted by Crippen LogP contribution is 2.31. The first-order valence-corrected chi connectivity index (χ1v) is 14.5. The highest BCUT2D eigenvalue weighted by atomic mass is 16.5. The van der Waals surface area contributed by atoms with Crippen molar-refractivity contribution in [3.05, 3.63) is 89.5 Å². The molecule has 0 radical (unpaired) electrons. The SMILES string of the molecule is COc1ccc(CNc2cc(C(=O)N3CCC[C@H]3CN3CCCC3)c3cc(-c4ccc(C#N)cc4)ccc3n2)cc1. The van der Waals surface area contributed by atoms with Crippen LogP contribution in [0.3, 0.4) is 0 Å². The third kappa shape index (κ3) is 5.89. The highest BCUT2D eigenvalue weighted by molar-refractivity contribution is 6.08. The molecule has 3 aromatic carbocycles. The molecule has 208 valence electrons. The number of nitrogens with one attached hydrogen (secondary N) is 1. The topological polar surface area (TPSA) is 81.5 Å². The van der Waals surface area contributed by atoms with E-state index < -0.39 is 0 Å². The summed E-state index contributed by atoms with van der Waals surface area (Å²) in [7, 11) is 1.66. The van der Waals surface area contributed by atoms with Gasteiger partial charge in [0, 0.05) is 31.1 Å². The predicted molar refractivity (Wildman–Crippen MR) is 162 cm³/mol. The van der Waals surface area contributed by atoms with Gasteiger partial charge in [0.2, 0.25) is 0 Å². The molecule has 1 atom stereocenters. The van der Waals surface area contributed by atoms with Crippen LogP contribution in [0.2, 0.25) is 0 Å². The molecule has 0 saturated carbocycles. The number of hydrogen-bond donors (Lipinski definition) is 1. The summed E-state index contributed by atoms with van der Waals surface area (Å²) < 4.78 is 5.28. The summed E-state index contributed by atoms with van der Waals surface area (Å²) in [5, 5.41) is 13.5. The first kappa shape index (κ1) is 26.8. The third-order valence-corrected chi connectivity index (χ3v) is 8.32. The number of amides is 1. The Morgan fingerprint density at radius 1 is 0.976 bits per heavy atom. The Labute approximate surface area is 241 Å². The average Bonchev–Trinajstić information content (AvgIpc) is 3.72. The first-order chi connectivity index (χ1) is 20.1. The van der Waals surface area contributed by atoms with E-state index in [0.717, 1.165) is 72.4 Å². The summed E-state index contributed by atoms with van der Waals surface area (Å²) >= 11 is 0. The van der Waals surface area contributed by atoms with Crippen molar-refractivity contribution < 1.29 is 9.53 Å². The van der Waals surface area contributed by atoms with Crippen LogP contribution in [0.25, 0.3) is 22.0 Å². The van der Waals surface area contributed by atoms with Crippen LogP contribution in [0.1, 0.15) is 47.2 Å². The maximum atomic E-state index is 14.3. The fourth-order valence-corrected chi connectivity index (χ4v) is 6.06. The standard InChI is InChI=1S/C34H35N5O2/c1-41-29-13-8-25(9-14-29)22-36-33-20-31(34(40)39-18-4-5-28(39)23-38-16-2-3-17-38)30-19-27(12-15-32(30)37-33)26-10-6-24(21-35)7-11-26/h6-15,19-20,28H,2-5,16-18,22-23H2,1H3,(H,36,37)/t28-/m0/s1. The molecular formula is C34H35N5O2. The molecule has 2 aliphatic rings. The Kier molecular flexibility index (Phi) is 7.84. The molecule has 7 heteroatoms. The smallest absolute Gasteiger partial charge is 0.254 e. The van der Waals surface area contributed by atoms with E-state index in [-0.39, 0.29) is 11.9 Å². The molecule has 0 aliphatic carbocycles. The van der Waals surface area contributed by atoms with Crippen molar-refractivity contribution in [3.8, 4) is 22.9 Å². The van der Waals surface area contributed by atoms with E-state index in [9.17, 15) is 10.1 Å². The molecule has 7 nitrogen and oxygen atoms in total. The fraction of sp³-hybridized carbons (Fsp3) is 0.324. The third-order valence-electron chi connectivity index (χ3n) is 8.32. The molecule has 1 aromatic heterocycles. The molecule has 3 heterocycles. The van der Waals surface area contributed by atoms with E-state index in [4.69, 9.17) is 9.72 Å². The van der Waals surface area contributed by atoms with E-state index in [1.165, 1.54) is 12.8 Å². The zero-order chi connectivity index (χ0) is 28.2. The number of ether oxygens (including phenoxy) is 1. The number of rotatable bonds is 8.